The topological polar surface area (TPSA) is 40.5 Å². The van der Waals surface area contributed by atoms with Gasteiger partial charge in [-0.2, -0.15) is 0 Å². The first-order chi connectivity index (χ1) is 5.77. The van der Waals surface area contributed by atoms with Gasteiger partial charge in [-0.3, -0.25) is 0 Å². The van der Waals surface area contributed by atoms with E-state index in [-0.39, 0.29) is 0 Å². The maximum absolute atomic E-state index is 8.44. The fourth-order valence-electron chi connectivity index (χ4n) is 0.540. The van der Waals surface area contributed by atoms with E-state index in [2.05, 4.69) is 30.6 Å². The summed E-state index contributed by atoms with van der Waals surface area (Å²) >= 11 is 0. The molecule has 0 unspecified atom stereocenters. The summed E-state index contributed by atoms with van der Waals surface area (Å²) in [5.74, 6) is 10.9. The van der Waals surface area contributed by atoms with E-state index in [1.54, 1.807) is 0 Å². The molecule has 0 radical (unpaired) electrons. The molecule has 0 aliphatic carbocycles. The van der Waals surface area contributed by atoms with Crippen LogP contribution in [-0.2, 0) is 0 Å². The molecule has 0 aromatic carbocycles. The number of hydrogen-bond donors (Lipinski definition) is 2. The van der Waals surface area contributed by atoms with Crippen LogP contribution in [0.25, 0.3) is 0 Å². The summed E-state index contributed by atoms with van der Waals surface area (Å²) in [5, 5.41) is 16.9. The minimum absolute atomic E-state index is 0.294. The predicted molar refractivity (Wildman–Crippen MR) is 47.9 cm³/mol. The zero-order valence-corrected chi connectivity index (χ0v) is 7.30. The molecule has 2 heteroatoms. The largest absolute Gasteiger partial charge is 0.368 e. The second-order valence-corrected chi connectivity index (χ2v) is 2.37. The highest BCUT2D eigenvalue weighted by Gasteiger charge is 1.91. The molecule has 0 amide bonds. The van der Waals surface area contributed by atoms with Crippen molar-refractivity contribution in [1.82, 2.24) is 0 Å². The van der Waals surface area contributed by atoms with Gasteiger partial charge in [-0.25, -0.2) is 0 Å². The minimum Gasteiger partial charge on any atom is -0.368 e. The zero-order valence-electron chi connectivity index (χ0n) is 7.30. The van der Waals surface area contributed by atoms with Crippen LogP contribution < -0.4 is 0 Å². The van der Waals surface area contributed by atoms with Crippen molar-refractivity contribution in [2.75, 3.05) is 0 Å². The fourth-order valence-corrected chi connectivity index (χ4v) is 0.540. The molecule has 0 aromatic rings. The molecular weight excluding hydrogens is 152 g/mol. The molecule has 0 heterocycles. The van der Waals surface area contributed by atoms with Crippen molar-refractivity contribution in [3.05, 3.63) is 0 Å². The van der Waals surface area contributed by atoms with Crippen LogP contribution in [0.4, 0.5) is 0 Å². The van der Waals surface area contributed by atoms with Crippen LogP contribution in [0.15, 0.2) is 0 Å². The van der Waals surface area contributed by atoms with E-state index in [0.29, 0.717) is 12.8 Å². The molecule has 2 N–H and O–H groups in total. The van der Waals surface area contributed by atoms with E-state index in [4.69, 9.17) is 10.2 Å². The summed E-state index contributed by atoms with van der Waals surface area (Å²) in [5.41, 5.74) is 0. The standard InChI is InChI=1S/C10H14O2/c1-2-3-4-5-6-7-8-9-10(11)12/h10-12H,2-3,8-9H2,1H3. The second kappa shape index (κ2) is 8.14. The first kappa shape index (κ1) is 11.0. The maximum atomic E-state index is 8.44. The highest BCUT2D eigenvalue weighted by molar-refractivity contribution is 5.25. The lowest BCUT2D eigenvalue weighted by Gasteiger charge is -1.94. The van der Waals surface area contributed by atoms with Crippen LogP contribution >= 0.6 is 0 Å². The molecule has 0 rings (SSSR count). The third-order valence-electron chi connectivity index (χ3n) is 1.14. The molecule has 0 spiro atoms. The van der Waals surface area contributed by atoms with Crippen LogP contribution in [0.2, 0.25) is 0 Å². The van der Waals surface area contributed by atoms with Crippen LogP contribution in [-0.4, -0.2) is 16.5 Å². The van der Waals surface area contributed by atoms with E-state index in [0.717, 1.165) is 12.8 Å². The molecular formula is C10H14O2. The normalized spacial score (nSPS) is 8.33. The van der Waals surface area contributed by atoms with Gasteiger partial charge >= 0.3 is 0 Å². The van der Waals surface area contributed by atoms with Crippen molar-refractivity contribution in [2.45, 2.75) is 38.9 Å². The Morgan fingerprint density at radius 3 is 2.17 bits per heavy atom. The zero-order chi connectivity index (χ0) is 9.23. The number of rotatable bonds is 3. The van der Waals surface area contributed by atoms with E-state index in [1.165, 1.54) is 0 Å². The number of unbranched alkanes of at least 4 members (excludes halogenated alkanes) is 1. The Kier molecular flexibility index (Phi) is 7.49. The second-order valence-electron chi connectivity index (χ2n) is 2.37. The highest BCUT2D eigenvalue weighted by Crippen LogP contribution is 1.89. The highest BCUT2D eigenvalue weighted by atomic mass is 16.5. The average molecular weight is 166 g/mol. The molecule has 2 nitrogen and oxygen atoms in total. The molecule has 0 atom stereocenters. The summed E-state index contributed by atoms with van der Waals surface area (Å²) in [7, 11) is 0. The Bertz CT molecular complexity index is 209. The van der Waals surface area contributed by atoms with Crippen molar-refractivity contribution in [2.24, 2.45) is 0 Å². The summed E-state index contributed by atoms with van der Waals surface area (Å²) in [6, 6.07) is 0. The van der Waals surface area contributed by atoms with Gasteiger partial charge in [0, 0.05) is 19.3 Å². The summed E-state index contributed by atoms with van der Waals surface area (Å²) < 4.78 is 0. The molecule has 0 aliphatic rings. The molecule has 0 saturated carbocycles. The summed E-state index contributed by atoms with van der Waals surface area (Å²) in [6.07, 6.45) is 1.45. The predicted octanol–water partition coefficient (Wildman–Crippen LogP) is 0.884. The van der Waals surface area contributed by atoms with Gasteiger partial charge in [0.1, 0.15) is 0 Å². The first-order valence-electron chi connectivity index (χ1n) is 4.09. The monoisotopic (exact) mass is 166 g/mol. The Morgan fingerprint density at radius 2 is 1.67 bits per heavy atom. The Balaban J connectivity index is 3.42. The van der Waals surface area contributed by atoms with E-state index in [9.17, 15) is 0 Å². The summed E-state index contributed by atoms with van der Waals surface area (Å²) in [4.78, 5) is 0. The van der Waals surface area contributed by atoms with Crippen molar-refractivity contribution in [3.63, 3.8) is 0 Å². The molecule has 0 aliphatic heterocycles. The minimum atomic E-state index is -1.25. The molecule has 66 valence electrons. The third kappa shape index (κ3) is 9.04. The van der Waals surface area contributed by atoms with Gasteiger partial charge in [-0.05, 0) is 18.3 Å². The fraction of sp³-hybridized carbons (Fsp3) is 0.600. The maximum Gasteiger partial charge on any atom is 0.152 e. The van der Waals surface area contributed by atoms with Crippen LogP contribution in [0, 0.1) is 23.7 Å². The lowest BCUT2D eigenvalue weighted by Crippen LogP contribution is -2.01. The number of aliphatic hydroxyl groups excluding tert-OH is 1. The van der Waals surface area contributed by atoms with Gasteiger partial charge in [0.05, 0.1) is 0 Å². The number of hydrogen-bond acceptors (Lipinski definition) is 2. The Labute approximate surface area is 73.6 Å². The first-order valence-corrected chi connectivity index (χ1v) is 4.09. The van der Waals surface area contributed by atoms with Gasteiger partial charge in [-0.15, -0.1) is 0 Å². The molecule has 0 aromatic heterocycles. The lowest BCUT2D eigenvalue weighted by atomic mass is 10.3. The van der Waals surface area contributed by atoms with Gasteiger partial charge < -0.3 is 10.2 Å². The Morgan fingerprint density at radius 1 is 1.08 bits per heavy atom. The molecule has 0 saturated heterocycles. The van der Waals surface area contributed by atoms with E-state index in [1.807, 2.05) is 0 Å². The SMILES string of the molecule is CCCC#CC#CCCC(O)O. The van der Waals surface area contributed by atoms with E-state index < -0.39 is 6.29 Å². The summed E-state index contributed by atoms with van der Waals surface area (Å²) in [6.45, 7) is 2.06. The van der Waals surface area contributed by atoms with Crippen molar-refractivity contribution < 1.29 is 10.2 Å². The smallest absolute Gasteiger partial charge is 0.152 e. The van der Waals surface area contributed by atoms with Crippen LogP contribution in [0.5, 0.6) is 0 Å². The van der Waals surface area contributed by atoms with Gasteiger partial charge in [0.15, 0.2) is 6.29 Å². The molecule has 12 heavy (non-hydrogen) atoms. The molecule has 0 fully saturated rings. The van der Waals surface area contributed by atoms with Crippen molar-refractivity contribution in [1.29, 1.82) is 0 Å². The quantitative estimate of drug-likeness (QED) is 0.482. The number of aliphatic hydroxyl groups is 2. The van der Waals surface area contributed by atoms with Gasteiger partial charge in [0.2, 0.25) is 0 Å². The van der Waals surface area contributed by atoms with Crippen molar-refractivity contribution in [3.8, 4) is 23.7 Å². The van der Waals surface area contributed by atoms with E-state index >= 15 is 0 Å². The molecule has 0 bridgehead atoms. The van der Waals surface area contributed by atoms with Crippen molar-refractivity contribution >= 4 is 0 Å². The average Bonchev–Trinajstić information content (AvgIpc) is 2.02. The third-order valence-corrected chi connectivity index (χ3v) is 1.14. The van der Waals surface area contributed by atoms with Crippen LogP contribution in [0.3, 0.4) is 0 Å². The van der Waals surface area contributed by atoms with Crippen LogP contribution in [0.1, 0.15) is 32.6 Å². The van der Waals surface area contributed by atoms with Gasteiger partial charge in [-0.1, -0.05) is 18.8 Å². The van der Waals surface area contributed by atoms with Gasteiger partial charge in [0.25, 0.3) is 0 Å². The Hall–Kier alpha value is -0.960. The lowest BCUT2D eigenvalue weighted by molar-refractivity contribution is -0.0438.